The summed E-state index contributed by atoms with van der Waals surface area (Å²) < 4.78 is 0. The molecule has 2 rings (SSSR count). The topological polar surface area (TPSA) is 29.1 Å². The van der Waals surface area contributed by atoms with Crippen molar-refractivity contribution in [1.29, 1.82) is 0 Å². The van der Waals surface area contributed by atoms with E-state index in [1.165, 1.54) is 12.8 Å². The molecule has 0 aromatic carbocycles. The quantitative estimate of drug-likeness (QED) is 0.598. The van der Waals surface area contributed by atoms with E-state index in [0.717, 1.165) is 19.4 Å². The van der Waals surface area contributed by atoms with Gasteiger partial charge in [0.25, 0.3) is 0 Å². The minimum atomic E-state index is 0. The zero-order valence-electron chi connectivity index (χ0n) is 6.51. The van der Waals surface area contributed by atoms with Crippen LogP contribution in [0.4, 0.5) is 0 Å². The molecule has 0 radical (unpaired) electrons. The van der Waals surface area contributed by atoms with Crippen molar-refractivity contribution in [2.75, 3.05) is 6.54 Å². The molecule has 1 N–H and O–H groups in total. The van der Waals surface area contributed by atoms with Crippen LogP contribution < -0.4 is 5.32 Å². The number of carbonyl (C=O) groups is 1. The molecule has 0 bridgehead atoms. The van der Waals surface area contributed by atoms with Gasteiger partial charge in [-0.25, -0.2) is 0 Å². The predicted octanol–water partition coefficient (Wildman–Crippen LogP) is 1.14. The fraction of sp³-hybridized carbons (Fsp3) is 0.875. The van der Waals surface area contributed by atoms with Crippen molar-refractivity contribution in [3.8, 4) is 0 Å². The molecule has 1 aliphatic carbocycles. The molecule has 0 aromatic rings. The summed E-state index contributed by atoms with van der Waals surface area (Å²) in [5.74, 6) is 0.884. The van der Waals surface area contributed by atoms with Crippen molar-refractivity contribution < 1.29 is 4.79 Å². The van der Waals surface area contributed by atoms with E-state index in [0.29, 0.717) is 17.7 Å². The third kappa shape index (κ3) is 1.57. The van der Waals surface area contributed by atoms with Gasteiger partial charge in [0.1, 0.15) is 5.78 Å². The van der Waals surface area contributed by atoms with Crippen LogP contribution in [-0.2, 0) is 4.79 Å². The normalized spacial score (nSPS) is 36.2. The smallest absolute Gasteiger partial charge is 0.138 e. The summed E-state index contributed by atoms with van der Waals surface area (Å²) in [5, 5.41) is 3.39. The molecule has 2 aliphatic rings. The number of carbonyl (C=O) groups excluding carboxylic acids is 1. The minimum absolute atomic E-state index is 0. The van der Waals surface area contributed by atoms with Crippen LogP contribution in [0.2, 0.25) is 0 Å². The number of ketones is 1. The summed E-state index contributed by atoms with van der Waals surface area (Å²) in [7, 11) is 0. The summed E-state index contributed by atoms with van der Waals surface area (Å²) in [6.45, 7) is 0.917. The van der Waals surface area contributed by atoms with Crippen molar-refractivity contribution in [1.82, 2.24) is 5.32 Å². The van der Waals surface area contributed by atoms with E-state index in [9.17, 15) is 4.79 Å². The third-order valence-corrected chi connectivity index (χ3v) is 2.71. The average Bonchev–Trinajstić information content (AvgIpc) is 2.36. The number of Topliss-reactive ketones (excluding diaryl/α,β-unsaturated/α-hetero) is 1. The first-order valence-electron chi connectivity index (χ1n) is 4.14. The summed E-state index contributed by atoms with van der Waals surface area (Å²) in [6.07, 6.45) is 4.36. The molecule has 3 heteroatoms. The highest BCUT2D eigenvalue weighted by molar-refractivity contribution is 5.85. The van der Waals surface area contributed by atoms with Gasteiger partial charge in [0.2, 0.25) is 0 Å². The fourth-order valence-corrected chi connectivity index (χ4v) is 2.16. The van der Waals surface area contributed by atoms with E-state index in [4.69, 9.17) is 0 Å². The van der Waals surface area contributed by atoms with Gasteiger partial charge in [0, 0.05) is 24.9 Å². The zero-order chi connectivity index (χ0) is 6.97. The van der Waals surface area contributed by atoms with Crippen LogP contribution in [0.3, 0.4) is 0 Å². The first-order valence-corrected chi connectivity index (χ1v) is 4.14. The first-order chi connectivity index (χ1) is 4.88. The van der Waals surface area contributed by atoms with Gasteiger partial charge in [-0.3, -0.25) is 4.79 Å². The SMILES string of the molecule is Cl.O=C1CCN[C@@H]2CCC[C@H]12. The Bertz CT molecular complexity index is 160. The second-order valence-corrected chi connectivity index (χ2v) is 3.31. The van der Waals surface area contributed by atoms with Crippen LogP contribution in [0, 0.1) is 5.92 Å². The van der Waals surface area contributed by atoms with Crippen molar-refractivity contribution in [2.24, 2.45) is 5.92 Å². The molecule has 1 aliphatic heterocycles. The molecule has 0 aromatic heterocycles. The Morgan fingerprint density at radius 1 is 1.36 bits per heavy atom. The van der Waals surface area contributed by atoms with Gasteiger partial charge >= 0.3 is 0 Å². The number of hydrogen-bond donors (Lipinski definition) is 1. The monoisotopic (exact) mass is 175 g/mol. The molecule has 11 heavy (non-hydrogen) atoms. The Kier molecular flexibility index (Phi) is 2.90. The maximum Gasteiger partial charge on any atom is 0.138 e. The minimum Gasteiger partial charge on any atom is -0.313 e. The van der Waals surface area contributed by atoms with Gasteiger partial charge in [0.15, 0.2) is 0 Å². The number of halogens is 1. The molecule has 0 amide bonds. The second kappa shape index (κ2) is 3.55. The highest BCUT2D eigenvalue weighted by Crippen LogP contribution is 2.29. The van der Waals surface area contributed by atoms with Crippen molar-refractivity contribution >= 4 is 18.2 Å². The maximum absolute atomic E-state index is 11.2. The first kappa shape index (κ1) is 9.01. The number of hydrogen-bond acceptors (Lipinski definition) is 2. The Balaban J connectivity index is 0.000000605. The van der Waals surface area contributed by atoms with E-state index >= 15 is 0 Å². The van der Waals surface area contributed by atoms with Crippen LogP contribution in [0.1, 0.15) is 25.7 Å². The van der Waals surface area contributed by atoms with E-state index in [1.807, 2.05) is 0 Å². The zero-order valence-corrected chi connectivity index (χ0v) is 7.32. The summed E-state index contributed by atoms with van der Waals surface area (Å²) in [5.41, 5.74) is 0. The van der Waals surface area contributed by atoms with Crippen LogP contribution in [0.5, 0.6) is 0 Å². The molecule has 1 saturated carbocycles. The van der Waals surface area contributed by atoms with Gasteiger partial charge in [-0.2, -0.15) is 0 Å². The number of piperidine rings is 1. The molecule has 1 saturated heterocycles. The molecule has 64 valence electrons. The number of fused-ring (bicyclic) bond motifs is 1. The van der Waals surface area contributed by atoms with Gasteiger partial charge in [0.05, 0.1) is 0 Å². The van der Waals surface area contributed by atoms with Gasteiger partial charge in [-0.05, 0) is 12.8 Å². The lowest BCUT2D eigenvalue weighted by atomic mass is 9.93. The standard InChI is InChI=1S/C8H13NO.ClH/c10-8-4-5-9-7-3-1-2-6(7)8;/h6-7,9H,1-5H2;1H/t6-,7+;/m0./s1. The van der Waals surface area contributed by atoms with Gasteiger partial charge in [-0.1, -0.05) is 6.42 Å². The van der Waals surface area contributed by atoms with Crippen LogP contribution in [0.25, 0.3) is 0 Å². The van der Waals surface area contributed by atoms with Crippen LogP contribution >= 0.6 is 12.4 Å². The van der Waals surface area contributed by atoms with E-state index in [2.05, 4.69) is 5.32 Å². The summed E-state index contributed by atoms with van der Waals surface area (Å²) in [6, 6.07) is 0.543. The van der Waals surface area contributed by atoms with E-state index < -0.39 is 0 Å². The molecule has 2 atom stereocenters. The third-order valence-electron chi connectivity index (χ3n) is 2.71. The number of nitrogens with one attached hydrogen (secondary N) is 1. The Morgan fingerprint density at radius 3 is 2.91 bits per heavy atom. The van der Waals surface area contributed by atoms with Crippen LogP contribution in [0.15, 0.2) is 0 Å². The molecule has 0 spiro atoms. The molecule has 1 heterocycles. The van der Waals surface area contributed by atoms with E-state index in [-0.39, 0.29) is 12.4 Å². The fourth-order valence-electron chi connectivity index (χ4n) is 2.16. The van der Waals surface area contributed by atoms with E-state index in [1.54, 1.807) is 0 Å². The molecule has 2 nitrogen and oxygen atoms in total. The largest absolute Gasteiger partial charge is 0.313 e. The Morgan fingerprint density at radius 2 is 2.18 bits per heavy atom. The highest BCUT2D eigenvalue weighted by Gasteiger charge is 2.34. The van der Waals surface area contributed by atoms with Gasteiger partial charge < -0.3 is 5.32 Å². The predicted molar refractivity (Wildman–Crippen MR) is 46.0 cm³/mol. The van der Waals surface area contributed by atoms with Crippen molar-refractivity contribution in [3.05, 3.63) is 0 Å². The Labute approximate surface area is 73.1 Å². The maximum atomic E-state index is 11.2. The summed E-state index contributed by atoms with van der Waals surface area (Å²) >= 11 is 0. The molecular weight excluding hydrogens is 162 g/mol. The highest BCUT2D eigenvalue weighted by atomic mass is 35.5. The lowest BCUT2D eigenvalue weighted by molar-refractivity contribution is -0.124. The Hall–Kier alpha value is -0.0800. The average molecular weight is 176 g/mol. The molecule has 2 fully saturated rings. The molecular formula is C8H14ClNO. The van der Waals surface area contributed by atoms with Crippen molar-refractivity contribution in [2.45, 2.75) is 31.7 Å². The lowest BCUT2D eigenvalue weighted by Gasteiger charge is -2.24. The number of rotatable bonds is 0. The van der Waals surface area contributed by atoms with Crippen molar-refractivity contribution in [3.63, 3.8) is 0 Å². The lowest BCUT2D eigenvalue weighted by Crippen LogP contribution is -2.43. The summed E-state index contributed by atoms with van der Waals surface area (Å²) in [4.78, 5) is 11.2. The second-order valence-electron chi connectivity index (χ2n) is 3.31. The van der Waals surface area contributed by atoms with Crippen LogP contribution in [-0.4, -0.2) is 18.4 Å². The van der Waals surface area contributed by atoms with Gasteiger partial charge in [-0.15, -0.1) is 12.4 Å². The molecule has 0 unspecified atom stereocenters.